The summed E-state index contributed by atoms with van der Waals surface area (Å²) >= 11 is 1.36. The van der Waals surface area contributed by atoms with Crippen LogP contribution in [0.3, 0.4) is 0 Å². The van der Waals surface area contributed by atoms with Gasteiger partial charge in [-0.2, -0.15) is 0 Å². The van der Waals surface area contributed by atoms with E-state index in [4.69, 9.17) is 4.74 Å². The number of sulfonamides is 1. The minimum absolute atomic E-state index is 0.420. The first-order chi connectivity index (χ1) is 9.52. The Kier molecular flexibility index (Phi) is 7.68. The van der Waals surface area contributed by atoms with Crippen molar-refractivity contribution in [2.45, 2.75) is 24.0 Å². The summed E-state index contributed by atoms with van der Waals surface area (Å²) in [5, 5.41) is 3.23. The lowest BCUT2D eigenvalue weighted by Crippen LogP contribution is -2.27. The Labute approximate surface area is 126 Å². The average molecular weight is 320 g/mol. The van der Waals surface area contributed by atoms with Crippen LogP contribution < -0.4 is 5.32 Å². The lowest BCUT2D eigenvalue weighted by atomic mass is 10.3. The van der Waals surface area contributed by atoms with E-state index < -0.39 is 10.0 Å². The highest BCUT2D eigenvalue weighted by Gasteiger charge is 2.22. The number of nitrogens with zero attached hydrogens (tertiary/aromatic N) is 1. The lowest BCUT2D eigenvalue weighted by Gasteiger charge is -2.15. The Morgan fingerprint density at radius 1 is 1.40 bits per heavy atom. The van der Waals surface area contributed by atoms with Crippen LogP contribution in [0.15, 0.2) is 16.3 Å². The molecule has 20 heavy (non-hydrogen) atoms. The summed E-state index contributed by atoms with van der Waals surface area (Å²) in [7, 11) is -0.124. The number of ether oxygens (including phenoxy) is 1. The van der Waals surface area contributed by atoms with Gasteiger partial charge in [-0.1, -0.05) is 6.92 Å². The molecule has 1 aromatic heterocycles. The molecule has 7 heteroatoms. The van der Waals surface area contributed by atoms with Crippen LogP contribution in [-0.2, 0) is 21.2 Å². The Balaban J connectivity index is 2.62. The monoisotopic (exact) mass is 320 g/mol. The lowest BCUT2D eigenvalue weighted by molar-refractivity contribution is 0.189. The molecular weight excluding hydrogens is 296 g/mol. The third-order valence-electron chi connectivity index (χ3n) is 2.92. The molecule has 0 aliphatic heterocycles. The summed E-state index contributed by atoms with van der Waals surface area (Å²) in [6.45, 7) is 4.90. The SMILES string of the molecule is CCNCCc1ccc(S(=O)(=O)N(C)CCCOC)s1. The Morgan fingerprint density at radius 3 is 2.80 bits per heavy atom. The fourth-order valence-corrected chi connectivity index (χ4v) is 4.50. The van der Waals surface area contributed by atoms with E-state index in [0.717, 1.165) is 24.4 Å². The van der Waals surface area contributed by atoms with E-state index in [0.29, 0.717) is 23.8 Å². The van der Waals surface area contributed by atoms with Gasteiger partial charge in [0.25, 0.3) is 10.0 Å². The van der Waals surface area contributed by atoms with Crippen LogP contribution in [0.5, 0.6) is 0 Å². The van der Waals surface area contributed by atoms with Crippen LogP contribution in [0.2, 0.25) is 0 Å². The summed E-state index contributed by atoms with van der Waals surface area (Å²) in [5.41, 5.74) is 0. The number of hydrogen-bond donors (Lipinski definition) is 1. The Hall–Kier alpha value is -0.470. The Bertz CT molecular complexity index is 486. The second kappa shape index (κ2) is 8.74. The minimum atomic E-state index is -3.35. The molecule has 0 bridgehead atoms. The summed E-state index contributed by atoms with van der Waals surface area (Å²) in [6.07, 6.45) is 1.56. The number of thiophene rings is 1. The first-order valence-electron chi connectivity index (χ1n) is 6.77. The molecule has 0 aliphatic rings. The maximum atomic E-state index is 12.3. The minimum Gasteiger partial charge on any atom is -0.385 e. The van der Waals surface area contributed by atoms with Gasteiger partial charge >= 0.3 is 0 Å². The predicted molar refractivity (Wildman–Crippen MR) is 82.9 cm³/mol. The molecular formula is C13H24N2O3S2. The average Bonchev–Trinajstić information content (AvgIpc) is 2.88. The van der Waals surface area contributed by atoms with Gasteiger partial charge in [0.05, 0.1) is 0 Å². The van der Waals surface area contributed by atoms with Gasteiger partial charge in [0, 0.05) is 32.2 Å². The van der Waals surface area contributed by atoms with Gasteiger partial charge < -0.3 is 10.1 Å². The molecule has 0 fully saturated rings. The van der Waals surface area contributed by atoms with Crippen LogP contribution in [0.1, 0.15) is 18.2 Å². The van der Waals surface area contributed by atoms with Crippen molar-refractivity contribution in [3.05, 3.63) is 17.0 Å². The number of hydrogen-bond acceptors (Lipinski definition) is 5. The van der Waals surface area contributed by atoms with E-state index >= 15 is 0 Å². The first kappa shape index (κ1) is 17.6. The van der Waals surface area contributed by atoms with Gasteiger partial charge in [-0.15, -0.1) is 11.3 Å². The quantitative estimate of drug-likeness (QED) is 0.665. The van der Waals surface area contributed by atoms with E-state index in [9.17, 15) is 8.42 Å². The molecule has 0 radical (unpaired) electrons. The predicted octanol–water partition coefficient (Wildman–Crippen LogP) is 1.56. The van der Waals surface area contributed by atoms with E-state index in [1.54, 1.807) is 20.2 Å². The van der Waals surface area contributed by atoms with E-state index in [1.165, 1.54) is 15.6 Å². The largest absolute Gasteiger partial charge is 0.385 e. The van der Waals surface area contributed by atoms with Crippen molar-refractivity contribution in [1.29, 1.82) is 0 Å². The molecule has 0 aromatic carbocycles. The van der Waals surface area contributed by atoms with Gasteiger partial charge in [-0.05, 0) is 38.1 Å². The number of methoxy groups -OCH3 is 1. The van der Waals surface area contributed by atoms with Gasteiger partial charge in [-0.3, -0.25) is 0 Å². The summed E-state index contributed by atoms with van der Waals surface area (Å²) in [4.78, 5) is 1.09. The van der Waals surface area contributed by atoms with E-state index in [2.05, 4.69) is 12.2 Å². The highest BCUT2D eigenvalue weighted by Crippen LogP contribution is 2.24. The fraction of sp³-hybridized carbons (Fsp3) is 0.692. The second-order valence-corrected chi connectivity index (χ2v) is 7.94. The van der Waals surface area contributed by atoms with Crippen molar-refractivity contribution in [3.8, 4) is 0 Å². The normalized spacial score (nSPS) is 12.2. The van der Waals surface area contributed by atoms with Crippen LogP contribution in [-0.4, -0.2) is 53.1 Å². The van der Waals surface area contributed by atoms with Crippen molar-refractivity contribution in [3.63, 3.8) is 0 Å². The molecule has 0 atom stereocenters. The smallest absolute Gasteiger partial charge is 0.252 e. The third kappa shape index (κ3) is 5.14. The molecule has 1 aromatic rings. The van der Waals surface area contributed by atoms with Crippen molar-refractivity contribution in [2.24, 2.45) is 0 Å². The highest BCUT2D eigenvalue weighted by molar-refractivity contribution is 7.91. The zero-order valence-corrected chi connectivity index (χ0v) is 14.0. The van der Waals surface area contributed by atoms with Gasteiger partial charge in [0.2, 0.25) is 0 Å². The van der Waals surface area contributed by atoms with Crippen molar-refractivity contribution < 1.29 is 13.2 Å². The van der Waals surface area contributed by atoms with Crippen LogP contribution in [0, 0.1) is 0 Å². The second-order valence-electron chi connectivity index (χ2n) is 4.50. The van der Waals surface area contributed by atoms with E-state index in [1.807, 2.05) is 6.07 Å². The van der Waals surface area contributed by atoms with Crippen molar-refractivity contribution >= 4 is 21.4 Å². The third-order valence-corrected chi connectivity index (χ3v) is 6.39. The molecule has 1 heterocycles. The molecule has 0 saturated heterocycles. The molecule has 1 rings (SSSR count). The molecule has 0 aliphatic carbocycles. The number of nitrogens with one attached hydrogen (secondary N) is 1. The maximum Gasteiger partial charge on any atom is 0.252 e. The molecule has 0 unspecified atom stereocenters. The standard InChI is InChI=1S/C13H24N2O3S2/c1-4-14-9-8-12-6-7-13(19-12)20(16,17)15(2)10-5-11-18-3/h6-7,14H,4-5,8-11H2,1-3H3. The topological polar surface area (TPSA) is 58.6 Å². The highest BCUT2D eigenvalue weighted by atomic mass is 32.2. The molecule has 0 amide bonds. The van der Waals surface area contributed by atoms with E-state index in [-0.39, 0.29) is 0 Å². The van der Waals surface area contributed by atoms with Crippen LogP contribution in [0.4, 0.5) is 0 Å². The van der Waals surface area contributed by atoms with Crippen molar-refractivity contribution in [1.82, 2.24) is 9.62 Å². The van der Waals surface area contributed by atoms with Crippen LogP contribution in [0.25, 0.3) is 0 Å². The van der Waals surface area contributed by atoms with Crippen molar-refractivity contribution in [2.75, 3.05) is 40.4 Å². The maximum absolute atomic E-state index is 12.3. The summed E-state index contributed by atoms with van der Waals surface area (Å²) in [5.74, 6) is 0. The number of likely N-dealkylation sites (N-methyl/N-ethyl adjacent to an activating group) is 1. The van der Waals surface area contributed by atoms with Gasteiger partial charge in [0.1, 0.15) is 4.21 Å². The van der Waals surface area contributed by atoms with Gasteiger partial charge in [0.15, 0.2) is 0 Å². The zero-order chi connectivity index (χ0) is 15.0. The fourth-order valence-electron chi connectivity index (χ4n) is 1.72. The first-order valence-corrected chi connectivity index (χ1v) is 9.02. The zero-order valence-electron chi connectivity index (χ0n) is 12.4. The summed E-state index contributed by atoms with van der Waals surface area (Å²) in [6, 6.07) is 3.60. The summed E-state index contributed by atoms with van der Waals surface area (Å²) < 4.78 is 31.5. The molecule has 0 spiro atoms. The molecule has 1 N–H and O–H groups in total. The molecule has 116 valence electrons. The molecule has 5 nitrogen and oxygen atoms in total. The number of rotatable bonds is 10. The molecule has 0 saturated carbocycles. The van der Waals surface area contributed by atoms with Gasteiger partial charge in [-0.25, -0.2) is 12.7 Å². The Morgan fingerprint density at radius 2 is 2.15 bits per heavy atom. The van der Waals surface area contributed by atoms with Crippen LogP contribution >= 0.6 is 11.3 Å².